The largest absolute Gasteiger partial charge is 0.397 e. The van der Waals surface area contributed by atoms with Crippen molar-refractivity contribution in [2.75, 3.05) is 18.0 Å². The van der Waals surface area contributed by atoms with E-state index in [4.69, 9.17) is 10.9 Å². The molecule has 108 valence electrons. The number of halogens is 1. The monoisotopic (exact) mass is 377 g/mol. The molecule has 0 unspecified atom stereocenters. The Labute approximate surface area is 128 Å². The van der Waals surface area contributed by atoms with Crippen molar-refractivity contribution in [1.29, 1.82) is 0 Å². The van der Waals surface area contributed by atoms with E-state index in [0.29, 0.717) is 10.6 Å². The maximum atomic E-state index is 12.0. The Hall–Kier alpha value is -1.16. The summed E-state index contributed by atoms with van der Waals surface area (Å²) in [6.07, 6.45) is 0. The molecule has 0 saturated carbocycles. The minimum absolute atomic E-state index is 0.0491. The van der Waals surface area contributed by atoms with Gasteiger partial charge in [-0.15, -0.1) is 11.3 Å². The lowest BCUT2D eigenvalue weighted by molar-refractivity contribution is 0.0961. The summed E-state index contributed by atoms with van der Waals surface area (Å²) in [4.78, 5) is 12.4. The molecular weight excluding hydrogens is 366 g/mol. The van der Waals surface area contributed by atoms with Crippen molar-refractivity contribution in [2.45, 2.75) is 0 Å². The van der Waals surface area contributed by atoms with Crippen molar-refractivity contribution in [3.05, 3.63) is 27.5 Å². The van der Waals surface area contributed by atoms with E-state index in [1.165, 1.54) is 11.3 Å². The van der Waals surface area contributed by atoms with Crippen molar-refractivity contribution in [1.82, 2.24) is 5.32 Å². The van der Waals surface area contributed by atoms with Gasteiger partial charge in [-0.1, -0.05) is 22.0 Å². The van der Waals surface area contributed by atoms with Crippen LogP contribution in [-0.2, 0) is 10.0 Å². The number of thiophene rings is 1. The second kappa shape index (κ2) is 5.68. The molecule has 1 amide bonds. The second-order valence-corrected chi connectivity index (χ2v) is 7.72. The number of sulfonamides is 1. The van der Waals surface area contributed by atoms with E-state index < -0.39 is 15.9 Å². The molecule has 20 heavy (non-hydrogen) atoms. The number of carbonyl (C=O) groups excluding carboxylic acids is 1. The van der Waals surface area contributed by atoms with E-state index in [1.54, 1.807) is 0 Å². The summed E-state index contributed by atoms with van der Waals surface area (Å²) in [7, 11) is -3.59. The average Bonchev–Trinajstić information content (AvgIpc) is 2.66. The van der Waals surface area contributed by atoms with E-state index in [-0.39, 0.29) is 12.3 Å². The molecule has 1 aromatic heterocycles. The first-order chi connectivity index (χ1) is 9.29. The Morgan fingerprint density at radius 2 is 2.10 bits per heavy atom. The van der Waals surface area contributed by atoms with Gasteiger partial charge in [0.1, 0.15) is 4.88 Å². The summed E-state index contributed by atoms with van der Waals surface area (Å²) < 4.78 is 23.3. The zero-order valence-electron chi connectivity index (χ0n) is 10.2. The van der Waals surface area contributed by atoms with Gasteiger partial charge in [0, 0.05) is 21.1 Å². The van der Waals surface area contributed by atoms with Gasteiger partial charge in [-0.05, 0) is 12.1 Å². The smallest absolute Gasteiger partial charge is 0.263 e. The molecular formula is C11H12BrN3O3S2. The zero-order valence-corrected chi connectivity index (χ0v) is 13.4. The van der Waals surface area contributed by atoms with Crippen LogP contribution in [0.1, 0.15) is 9.67 Å². The number of anilines is 1. The molecule has 0 bridgehead atoms. The molecule has 1 heterocycles. The van der Waals surface area contributed by atoms with Crippen molar-refractivity contribution in [2.24, 2.45) is 5.14 Å². The first-order valence-corrected chi connectivity index (χ1v) is 8.87. The Bertz CT molecular complexity index is 771. The van der Waals surface area contributed by atoms with E-state index >= 15 is 0 Å². The summed E-state index contributed by atoms with van der Waals surface area (Å²) in [5.74, 6) is -0.716. The highest BCUT2D eigenvalue weighted by molar-refractivity contribution is 9.10. The first kappa shape index (κ1) is 15.2. The third-order valence-corrected chi connectivity index (χ3v) is 5.18. The summed E-state index contributed by atoms with van der Waals surface area (Å²) in [6, 6.07) is 5.56. The Kier molecular flexibility index (Phi) is 4.33. The van der Waals surface area contributed by atoms with Crippen LogP contribution in [0.5, 0.6) is 0 Å². The second-order valence-electron chi connectivity index (χ2n) is 4.08. The number of hydrogen-bond acceptors (Lipinski definition) is 5. The summed E-state index contributed by atoms with van der Waals surface area (Å²) in [5, 5.41) is 8.14. The quantitative estimate of drug-likeness (QED) is 0.743. The fraction of sp³-hybridized carbons (Fsp3) is 0.182. The lowest BCUT2D eigenvalue weighted by Crippen LogP contribution is -2.31. The van der Waals surface area contributed by atoms with E-state index in [2.05, 4.69) is 21.2 Å². The Morgan fingerprint density at radius 1 is 1.40 bits per heavy atom. The number of nitrogens with two attached hydrogens (primary N) is 2. The van der Waals surface area contributed by atoms with Crippen LogP contribution < -0.4 is 16.2 Å². The number of amides is 1. The van der Waals surface area contributed by atoms with Gasteiger partial charge in [-0.25, -0.2) is 13.6 Å². The van der Waals surface area contributed by atoms with Crippen molar-refractivity contribution < 1.29 is 13.2 Å². The van der Waals surface area contributed by atoms with Gasteiger partial charge in [-0.3, -0.25) is 4.79 Å². The zero-order chi connectivity index (χ0) is 14.9. The topological polar surface area (TPSA) is 115 Å². The van der Waals surface area contributed by atoms with Crippen molar-refractivity contribution >= 4 is 59.0 Å². The van der Waals surface area contributed by atoms with E-state index in [9.17, 15) is 13.2 Å². The predicted octanol–water partition coefficient (Wildman–Crippen LogP) is 1.26. The van der Waals surface area contributed by atoms with Crippen LogP contribution in [0.3, 0.4) is 0 Å². The van der Waals surface area contributed by atoms with Gasteiger partial charge >= 0.3 is 0 Å². The van der Waals surface area contributed by atoms with Crippen LogP contribution in [0.25, 0.3) is 10.1 Å². The molecule has 0 atom stereocenters. The highest BCUT2D eigenvalue weighted by Crippen LogP contribution is 2.37. The van der Waals surface area contributed by atoms with Crippen LogP contribution >= 0.6 is 27.3 Å². The highest BCUT2D eigenvalue weighted by Gasteiger charge is 2.18. The van der Waals surface area contributed by atoms with Crippen LogP contribution in [0.4, 0.5) is 5.69 Å². The standard InChI is InChI=1S/C11H12BrN3O3S2/c12-6-2-1-3-7-8(6)9(13)10(19-7)11(16)15-4-5-20(14,17)18/h1-3H,4-5,13H2,(H,15,16)(H2,14,17,18). The van der Waals surface area contributed by atoms with Gasteiger partial charge in [0.2, 0.25) is 10.0 Å². The van der Waals surface area contributed by atoms with Crippen LogP contribution in [0.15, 0.2) is 22.7 Å². The number of carbonyl (C=O) groups is 1. The lowest BCUT2D eigenvalue weighted by atomic mass is 10.2. The summed E-state index contributed by atoms with van der Waals surface area (Å²) in [6.45, 7) is -0.0491. The fourth-order valence-corrected chi connectivity index (χ4v) is 3.85. The predicted molar refractivity (Wildman–Crippen MR) is 84.2 cm³/mol. The highest BCUT2D eigenvalue weighted by atomic mass is 79.9. The van der Waals surface area contributed by atoms with Gasteiger partial charge in [0.15, 0.2) is 0 Å². The van der Waals surface area contributed by atoms with Gasteiger partial charge in [-0.2, -0.15) is 0 Å². The summed E-state index contributed by atoms with van der Waals surface area (Å²) >= 11 is 4.64. The van der Waals surface area contributed by atoms with E-state index in [0.717, 1.165) is 14.6 Å². The number of benzene rings is 1. The fourth-order valence-electron chi connectivity index (χ4n) is 1.69. The molecule has 9 heteroatoms. The number of primary sulfonamides is 1. The molecule has 6 nitrogen and oxygen atoms in total. The third kappa shape index (κ3) is 3.29. The third-order valence-electron chi connectivity index (χ3n) is 2.58. The first-order valence-electron chi connectivity index (χ1n) is 5.55. The lowest BCUT2D eigenvalue weighted by Gasteiger charge is -2.03. The minimum atomic E-state index is -3.59. The molecule has 0 aliphatic heterocycles. The molecule has 0 aliphatic carbocycles. The van der Waals surface area contributed by atoms with Gasteiger partial charge < -0.3 is 11.1 Å². The SMILES string of the molecule is Nc1c(C(=O)NCCS(N)(=O)=O)sc2cccc(Br)c12. The number of fused-ring (bicyclic) bond motifs is 1. The van der Waals surface area contributed by atoms with Crippen LogP contribution in [0, 0.1) is 0 Å². The molecule has 5 N–H and O–H groups in total. The van der Waals surface area contributed by atoms with Crippen LogP contribution in [0.2, 0.25) is 0 Å². The van der Waals surface area contributed by atoms with Crippen LogP contribution in [-0.4, -0.2) is 26.6 Å². The van der Waals surface area contributed by atoms with E-state index in [1.807, 2.05) is 18.2 Å². The van der Waals surface area contributed by atoms with Crippen molar-refractivity contribution in [3.63, 3.8) is 0 Å². The molecule has 0 fully saturated rings. The number of rotatable bonds is 4. The number of nitrogen functional groups attached to an aromatic ring is 1. The minimum Gasteiger partial charge on any atom is -0.397 e. The Morgan fingerprint density at radius 3 is 2.70 bits per heavy atom. The maximum absolute atomic E-state index is 12.0. The average molecular weight is 378 g/mol. The maximum Gasteiger partial charge on any atom is 0.263 e. The van der Waals surface area contributed by atoms with Crippen molar-refractivity contribution in [3.8, 4) is 0 Å². The van der Waals surface area contributed by atoms with Gasteiger partial charge in [0.05, 0.1) is 11.4 Å². The molecule has 2 aromatic rings. The Balaban J connectivity index is 2.23. The van der Waals surface area contributed by atoms with Gasteiger partial charge in [0.25, 0.3) is 5.91 Å². The molecule has 2 rings (SSSR count). The summed E-state index contributed by atoms with van der Waals surface area (Å²) in [5.41, 5.74) is 6.36. The number of nitrogens with one attached hydrogen (secondary N) is 1. The number of hydrogen-bond donors (Lipinski definition) is 3. The molecule has 0 aliphatic rings. The molecule has 0 spiro atoms. The molecule has 0 radical (unpaired) electrons. The molecule has 1 aromatic carbocycles. The molecule has 0 saturated heterocycles. The normalized spacial score (nSPS) is 11.7.